The summed E-state index contributed by atoms with van der Waals surface area (Å²) < 4.78 is 0. The molecule has 1 aliphatic rings. The van der Waals surface area contributed by atoms with Gasteiger partial charge < -0.3 is 4.84 Å². The van der Waals surface area contributed by atoms with Crippen molar-refractivity contribution in [1.29, 1.82) is 0 Å². The molecule has 0 unspecified atom stereocenters. The summed E-state index contributed by atoms with van der Waals surface area (Å²) in [5, 5.41) is 5.20. The van der Waals surface area contributed by atoms with Crippen molar-refractivity contribution >= 4 is 17.0 Å². The van der Waals surface area contributed by atoms with Crippen molar-refractivity contribution in [1.82, 2.24) is 15.0 Å². The number of hydrogen-bond acceptors (Lipinski definition) is 6. The van der Waals surface area contributed by atoms with Crippen LogP contribution in [-0.2, 0) is 11.3 Å². The Bertz CT molecular complexity index is 949. The quantitative estimate of drug-likeness (QED) is 0.381. The number of nitrogens with zero attached hydrogens (tertiary/aromatic N) is 4. The van der Waals surface area contributed by atoms with Crippen LogP contribution in [0.3, 0.4) is 0 Å². The molecule has 0 aliphatic heterocycles. The SMILES string of the molecule is C=CCON=C1CCCc2ccc(-c3cnc(-c4cccnc4)s3)nc21. The van der Waals surface area contributed by atoms with Crippen LogP contribution >= 0.6 is 11.3 Å². The Morgan fingerprint density at radius 2 is 2.19 bits per heavy atom. The molecule has 4 rings (SSSR count). The third kappa shape index (κ3) is 3.41. The summed E-state index contributed by atoms with van der Waals surface area (Å²) in [7, 11) is 0. The van der Waals surface area contributed by atoms with Gasteiger partial charge in [-0.15, -0.1) is 11.3 Å². The van der Waals surface area contributed by atoms with Gasteiger partial charge in [0, 0.05) is 24.2 Å². The molecule has 0 fully saturated rings. The second-order valence-corrected chi connectivity index (χ2v) is 6.98. The molecule has 1 aliphatic carbocycles. The molecule has 3 heterocycles. The number of pyridine rings is 2. The third-order valence-corrected chi connectivity index (χ3v) is 5.21. The summed E-state index contributed by atoms with van der Waals surface area (Å²) in [5.41, 5.74) is 5.00. The first-order valence-corrected chi connectivity index (χ1v) is 9.33. The summed E-state index contributed by atoms with van der Waals surface area (Å²) in [6, 6.07) is 8.13. The number of aryl methyl sites for hydroxylation is 1. The standard InChI is InChI=1S/C20H18N4OS/c1-2-11-25-24-17-7-3-5-14-8-9-16(23-19(14)17)18-13-22-20(26-18)15-6-4-10-21-12-15/h2,4,6,8-10,12-13H,1,3,5,7,11H2. The molecule has 0 spiro atoms. The fourth-order valence-corrected chi connectivity index (χ4v) is 3.79. The minimum absolute atomic E-state index is 0.405. The molecule has 0 aromatic carbocycles. The lowest BCUT2D eigenvalue weighted by atomic mass is 9.94. The molecule has 26 heavy (non-hydrogen) atoms. The number of aromatic nitrogens is 3. The average molecular weight is 362 g/mol. The molecule has 0 atom stereocenters. The highest BCUT2D eigenvalue weighted by Crippen LogP contribution is 2.32. The van der Waals surface area contributed by atoms with E-state index in [1.807, 2.05) is 24.5 Å². The normalized spacial score (nSPS) is 14.8. The van der Waals surface area contributed by atoms with Crippen LogP contribution in [0.1, 0.15) is 24.1 Å². The van der Waals surface area contributed by atoms with Gasteiger partial charge in [0.15, 0.2) is 0 Å². The van der Waals surface area contributed by atoms with Crippen LogP contribution in [0.25, 0.3) is 21.1 Å². The Kier molecular flexibility index (Phi) is 4.84. The van der Waals surface area contributed by atoms with Gasteiger partial charge in [0.1, 0.15) is 17.3 Å². The summed E-state index contributed by atoms with van der Waals surface area (Å²) >= 11 is 1.61. The molecule has 130 valence electrons. The zero-order valence-electron chi connectivity index (χ0n) is 14.3. The van der Waals surface area contributed by atoms with E-state index in [-0.39, 0.29) is 0 Å². The molecule has 5 nitrogen and oxygen atoms in total. The predicted octanol–water partition coefficient (Wildman–Crippen LogP) is 4.51. The molecular formula is C20H18N4OS. The fraction of sp³-hybridized carbons (Fsp3) is 0.200. The van der Waals surface area contributed by atoms with Crippen LogP contribution in [0.4, 0.5) is 0 Å². The van der Waals surface area contributed by atoms with E-state index >= 15 is 0 Å². The lowest BCUT2D eigenvalue weighted by molar-refractivity contribution is 0.174. The van der Waals surface area contributed by atoms with E-state index < -0.39 is 0 Å². The first kappa shape index (κ1) is 16.6. The lowest BCUT2D eigenvalue weighted by Crippen LogP contribution is -2.15. The molecule has 6 heteroatoms. The van der Waals surface area contributed by atoms with E-state index in [2.05, 4.69) is 33.8 Å². The third-order valence-electron chi connectivity index (χ3n) is 4.15. The summed E-state index contributed by atoms with van der Waals surface area (Å²) in [4.78, 5) is 19.9. The maximum absolute atomic E-state index is 5.30. The van der Waals surface area contributed by atoms with Crippen molar-refractivity contribution in [2.24, 2.45) is 5.16 Å². The van der Waals surface area contributed by atoms with Crippen molar-refractivity contribution in [2.45, 2.75) is 19.3 Å². The van der Waals surface area contributed by atoms with Crippen LogP contribution in [0.5, 0.6) is 0 Å². The van der Waals surface area contributed by atoms with Gasteiger partial charge >= 0.3 is 0 Å². The van der Waals surface area contributed by atoms with E-state index in [1.54, 1.807) is 23.6 Å². The molecule has 0 N–H and O–H groups in total. The van der Waals surface area contributed by atoms with Crippen molar-refractivity contribution < 1.29 is 4.84 Å². The number of hydrogen-bond donors (Lipinski definition) is 0. The summed E-state index contributed by atoms with van der Waals surface area (Å²) in [6.45, 7) is 4.05. The van der Waals surface area contributed by atoms with Crippen LogP contribution in [0.15, 0.2) is 60.7 Å². The van der Waals surface area contributed by atoms with Crippen LogP contribution in [-0.4, -0.2) is 27.3 Å². The Hall–Kier alpha value is -2.86. The minimum Gasteiger partial charge on any atom is -0.391 e. The number of thiazole rings is 1. The van der Waals surface area contributed by atoms with Crippen molar-refractivity contribution in [3.8, 4) is 21.1 Å². The highest BCUT2D eigenvalue weighted by molar-refractivity contribution is 7.18. The first-order chi connectivity index (χ1) is 12.8. The van der Waals surface area contributed by atoms with Gasteiger partial charge in [-0.05, 0) is 43.0 Å². The topological polar surface area (TPSA) is 60.3 Å². The van der Waals surface area contributed by atoms with E-state index in [0.717, 1.165) is 51.8 Å². The number of fused-ring (bicyclic) bond motifs is 1. The van der Waals surface area contributed by atoms with Crippen molar-refractivity contribution in [2.75, 3.05) is 6.61 Å². The Labute approximate surface area is 156 Å². The molecule has 0 radical (unpaired) electrons. The summed E-state index contributed by atoms with van der Waals surface area (Å²) in [6.07, 6.45) is 10.1. The molecule has 0 amide bonds. The molecule has 0 bridgehead atoms. The minimum atomic E-state index is 0.405. The molecule has 0 saturated heterocycles. The zero-order chi connectivity index (χ0) is 17.8. The second-order valence-electron chi connectivity index (χ2n) is 5.95. The van der Waals surface area contributed by atoms with Gasteiger partial charge in [-0.2, -0.15) is 0 Å². The highest BCUT2D eigenvalue weighted by Gasteiger charge is 2.19. The van der Waals surface area contributed by atoms with Gasteiger partial charge in [-0.25, -0.2) is 9.97 Å². The zero-order valence-corrected chi connectivity index (χ0v) is 15.1. The lowest BCUT2D eigenvalue weighted by Gasteiger charge is -2.17. The smallest absolute Gasteiger partial charge is 0.135 e. The van der Waals surface area contributed by atoms with E-state index in [9.17, 15) is 0 Å². The Balaban J connectivity index is 1.67. The van der Waals surface area contributed by atoms with Crippen LogP contribution in [0, 0.1) is 0 Å². The van der Waals surface area contributed by atoms with Gasteiger partial charge in [-0.1, -0.05) is 23.9 Å². The average Bonchev–Trinajstić information content (AvgIpc) is 3.19. The van der Waals surface area contributed by atoms with Crippen LogP contribution < -0.4 is 0 Å². The first-order valence-electron chi connectivity index (χ1n) is 8.52. The molecule has 3 aromatic rings. The summed E-state index contributed by atoms with van der Waals surface area (Å²) in [5.74, 6) is 0. The maximum atomic E-state index is 5.30. The van der Waals surface area contributed by atoms with Gasteiger partial charge in [0.2, 0.25) is 0 Å². The van der Waals surface area contributed by atoms with E-state index in [1.165, 1.54) is 5.56 Å². The van der Waals surface area contributed by atoms with E-state index in [4.69, 9.17) is 9.82 Å². The van der Waals surface area contributed by atoms with Gasteiger partial charge in [0.05, 0.1) is 16.3 Å². The predicted molar refractivity (Wildman–Crippen MR) is 104 cm³/mol. The second kappa shape index (κ2) is 7.58. The monoisotopic (exact) mass is 362 g/mol. The highest BCUT2D eigenvalue weighted by atomic mass is 32.1. The molecule has 3 aromatic heterocycles. The van der Waals surface area contributed by atoms with Crippen molar-refractivity contribution in [3.63, 3.8) is 0 Å². The molecule has 0 saturated carbocycles. The van der Waals surface area contributed by atoms with Crippen LogP contribution in [0.2, 0.25) is 0 Å². The van der Waals surface area contributed by atoms with Gasteiger partial charge in [-0.3, -0.25) is 4.98 Å². The Morgan fingerprint density at radius 3 is 3.04 bits per heavy atom. The fourth-order valence-electron chi connectivity index (χ4n) is 2.91. The van der Waals surface area contributed by atoms with E-state index in [0.29, 0.717) is 6.61 Å². The Morgan fingerprint density at radius 1 is 1.23 bits per heavy atom. The maximum Gasteiger partial charge on any atom is 0.135 e. The largest absolute Gasteiger partial charge is 0.391 e. The van der Waals surface area contributed by atoms with Crippen molar-refractivity contribution in [3.05, 3.63) is 66.8 Å². The van der Waals surface area contributed by atoms with Gasteiger partial charge in [0.25, 0.3) is 0 Å². The molecular weight excluding hydrogens is 344 g/mol. The number of rotatable bonds is 5. The number of oxime groups is 1.